The van der Waals surface area contributed by atoms with Crippen LogP contribution in [-0.4, -0.2) is 47.7 Å². The summed E-state index contributed by atoms with van der Waals surface area (Å²) in [6, 6.07) is 3.19. The average molecular weight is 327 g/mol. The molecule has 8 nitrogen and oxygen atoms in total. The molecule has 0 fully saturated rings. The second kappa shape index (κ2) is 8.23. The van der Waals surface area contributed by atoms with Gasteiger partial charge in [0.1, 0.15) is 18.2 Å². The molecule has 0 aromatic heterocycles. The monoisotopic (exact) mass is 327 g/mol. The fourth-order valence-corrected chi connectivity index (χ4v) is 1.70. The van der Waals surface area contributed by atoms with E-state index in [2.05, 4.69) is 4.74 Å². The Hall–Kier alpha value is -2.48. The fourth-order valence-electron chi connectivity index (χ4n) is 1.70. The van der Waals surface area contributed by atoms with Gasteiger partial charge in [-0.25, -0.2) is 4.79 Å². The first-order valence-electron chi connectivity index (χ1n) is 6.96. The predicted molar refractivity (Wildman–Crippen MR) is 80.0 cm³/mol. The van der Waals surface area contributed by atoms with Gasteiger partial charge in [0.05, 0.1) is 7.11 Å². The van der Waals surface area contributed by atoms with Crippen LogP contribution in [-0.2, 0) is 25.4 Å². The Morgan fingerprint density at radius 1 is 1.13 bits per heavy atom. The van der Waals surface area contributed by atoms with Crippen molar-refractivity contribution in [2.24, 2.45) is 5.73 Å². The summed E-state index contributed by atoms with van der Waals surface area (Å²) in [5.41, 5.74) is 6.33. The van der Waals surface area contributed by atoms with E-state index in [1.807, 2.05) is 0 Å². The van der Waals surface area contributed by atoms with Gasteiger partial charge >= 0.3 is 12.1 Å². The van der Waals surface area contributed by atoms with Gasteiger partial charge in [-0.05, 0) is 38.0 Å². The van der Waals surface area contributed by atoms with Crippen molar-refractivity contribution in [2.75, 3.05) is 7.11 Å². The maximum Gasteiger partial charge on any atom is 0.508 e. The molecule has 8 heteroatoms. The standard InChI is InChI=1S/C15H21NO7/c1-8(9(2)23-15(20)21-3)22-14(19)11(16)6-10-4-5-12(17)13(18)7-10/h4-5,7-9,11,17-18H,6,16H2,1-3H3/t8-,9+,11-/m0/s1. The predicted octanol–water partition coefficient (Wildman–Crippen LogP) is 1.07. The number of carbonyl (C=O) groups excluding carboxylic acids is 2. The minimum atomic E-state index is -0.966. The third-order valence-electron chi connectivity index (χ3n) is 3.21. The molecule has 1 aromatic rings. The Kier molecular flexibility index (Phi) is 6.65. The third-order valence-corrected chi connectivity index (χ3v) is 3.21. The summed E-state index contributed by atoms with van der Waals surface area (Å²) in [5.74, 6) is -1.23. The van der Waals surface area contributed by atoms with Crippen LogP contribution in [0.15, 0.2) is 18.2 Å². The summed E-state index contributed by atoms with van der Waals surface area (Å²) in [7, 11) is 1.18. The van der Waals surface area contributed by atoms with Crippen LogP contribution in [0, 0.1) is 0 Å². The van der Waals surface area contributed by atoms with Crippen molar-refractivity contribution in [3.05, 3.63) is 23.8 Å². The van der Waals surface area contributed by atoms with Crippen molar-refractivity contribution in [1.29, 1.82) is 0 Å². The number of phenols is 2. The first-order chi connectivity index (χ1) is 10.7. The van der Waals surface area contributed by atoms with E-state index in [0.29, 0.717) is 5.56 Å². The van der Waals surface area contributed by atoms with Crippen LogP contribution in [0.4, 0.5) is 4.79 Å². The van der Waals surface area contributed by atoms with Gasteiger partial charge in [-0.2, -0.15) is 0 Å². The second-order valence-electron chi connectivity index (χ2n) is 5.05. The molecule has 0 unspecified atom stereocenters. The van der Waals surface area contributed by atoms with Crippen LogP contribution in [0.1, 0.15) is 19.4 Å². The highest BCUT2D eigenvalue weighted by Crippen LogP contribution is 2.25. The number of methoxy groups -OCH3 is 1. The van der Waals surface area contributed by atoms with E-state index in [0.717, 1.165) is 0 Å². The first-order valence-corrected chi connectivity index (χ1v) is 6.96. The van der Waals surface area contributed by atoms with Gasteiger partial charge in [0.2, 0.25) is 0 Å². The molecular weight excluding hydrogens is 306 g/mol. The highest BCUT2D eigenvalue weighted by atomic mass is 16.7. The Bertz CT molecular complexity index is 561. The zero-order valence-corrected chi connectivity index (χ0v) is 13.2. The van der Waals surface area contributed by atoms with Crippen molar-refractivity contribution in [2.45, 2.75) is 38.5 Å². The van der Waals surface area contributed by atoms with Crippen LogP contribution in [0.5, 0.6) is 11.5 Å². The molecule has 0 bridgehead atoms. The number of nitrogens with two attached hydrogens (primary N) is 1. The van der Waals surface area contributed by atoms with Gasteiger partial charge in [0, 0.05) is 0 Å². The van der Waals surface area contributed by atoms with Crippen molar-refractivity contribution < 1.29 is 34.0 Å². The van der Waals surface area contributed by atoms with Crippen molar-refractivity contribution in [3.8, 4) is 11.5 Å². The molecule has 1 rings (SSSR count). The maximum absolute atomic E-state index is 11.9. The Morgan fingerprint density at radius 2 is 1.74 bits per heavy atom. The molecule has 0 aliphatic carbocycles. The normalized spacial score (nSPS) is 14.4. The molecule has 128 valence electrons. The highest BCUT2D eigenvalue weighted by Gasteiger charge is 2.24. The minimum absolute atomic E-state index is 0.117. The quantitative estimate of drug-likeness (QED) is 0.523. The smallest absolute Gasteiger partial charge is 0.504 e. The van der Waals surface area contributed by atoms with E-state index in [-0.39, 0.29) is 17.9 Å². The van der Waals surface area contributed by atoms with Crippen molar-refractivity contribution in [3.63, 3.8) is 0 Å². The molecule has 0 radical (unpaired) electrons. The van der Waals surface area contributed by atoms with E-state index in [1.54, 1.807) is 13.8 Å². The molecule has 0 aliphatic rings. The van der Waals surface area contributed by atoms with Gasteiger partial charge < -0.3 is 30.2 Å². The SMILES string of the molecule is COC(=O)O[C@H](C)[C@H](C)OC(=O)[C@@H](N)Cc1ccc(O)c(O)c1. The number of hydrogen-bond acceptors (Lipinski definition) is 8. The third kappa shape index (κ3) is 5.67. The zero-order chi connectivity index (χ0) is 17.6. The number of ether oxygens (including phenoxy) is 3. The lowest BCUT2D eigenvalue weighted by molar-refractivity contribution is -0.155. The van der Waals surface area contributed by atoms with Crippen LogP contribution < -0.4 is 5.73 Å². The summed E-state index contributed by atoms with van der Waals surface area (Å²) >= 11 is 0. The van der Waals surface area contributed by atoms with Gasteiger partial charge in [0.25, 0.3) is 0 Å². The lowest BCUT2D eigenvalue weighted by atomic mass is 10.1. The van der Waals surface area contributed by atoms with Crippen LogP contribution in [0.2, 0.25) is 0 Å². The van der Waals surface area contributed by atoms with Crippen LogP contribution in [0.3, 0.4) is 0 Å². The first kappa shape index (κ1) is 18.6. The molecular formula is C15H21NO7. The summed E-state index contributed by atoms with van der Waals surface area (Å²) in [6.07, 6.45) is -2.16. The number of rotatable bonds is 6. The van der Waals surface area contributed by atoms with Gasteiger partial charge in [-0.3, -0.25) is 4.79 Å². The Morgan fingerprint density at radius 3 is 2.30 bits per heavy atom. The molecule has 0 saturated carbocycles. The Labute approximate surface area is 133 Å². The van der Waals surface area contributed by atoms with E-state index in [4.69, 9.17) is 15.2 Å². The van der Waals surface area contributed by atoms with Crippen molar-refractivity contribution >= 4 is 12.1 Å². The van der Waals surface area contributed by atoms with E-state index in [9.17, 15) is 19.8 Å². The summed E-state index contributed by atoms with van der Waals surface area (Å²) in [6.45, 7) is 3.11. The molecule has 0 heterocycles. The lowest BCUT2D eigenvalue weighted by Crippen LogP contribution is -2.39. The topological polar surface area (TPSA) is 128 Å². The molecule has 0 aliphatic heterocycles. The van der Waals surface area contributed by atoms with E-state index in [1.165, 1.54) is 25.3 Å². The maximum atomic E-state index is 11.9. The fraction of sp³-hybridized carbons (Fsp3) is 0.467. The van der Waals surface area contributed by atoms with Crippen molar-refractivity contribution in [1.82, 2.24) is 0 Å². The summed E-state index contributed by atoms with van der Waals surface area (Å²) in [4.78, 5) is 22.9. The number of benzene rings is 1. The molecule has 0 saturated heterocycles. The molecule has 1 aromatic carbocycles. The highest BCUT2D eigenvalue weighted by molar-refractivity contribution is 5.76. The number of carbonyl (C=O) groups is 2. The molecule has 4 N–H and O–H groups in total. The molecule has 3 atom stereocenters. The van der Waals surface area contributed by atoms with E-state index < -0.39 is 30.4 Å². The number of aromatic hydroxyl groups is 2. The second-order valence-corrected chi connectivity index (χ2v) is 5.05. The van der Waals surface area contributed by atoms with Gasteiger partial charge in [0.15, 0.2) is 11.5 Å². The van der Waals surface area contributed by atoms with Crippen LogP contribution in [0.25, 0.3) is 0 Å². The van der Waals surface area contributed by atoms with E-state index >= 15 is 0 Å². The largest absolute Gasteiger partial charge is 0.508 e. The zero-order valence-electron chi connectivity index (χ0n) is 13.2. The molecule has 0 amide bonds. The number of hydrogen-bond donors (Lipinski definition) is 3. The molecule has 23 heavy (non-hydrogen) atoms. The average Bonchev–Trinajstić information content (AvgIpc) is 2.50. The molecule has 0 spiro atoms. The summed E-state index contributed by atoms with van der Waals surface area (Å²) < 4.78 is 14.3. The minimum Gasteiger partial charge on any atom is -0.504 e. The Balaban J connectivity index is 2.55. The van der Waals surface area contributed by atoms with Gasteiger partial charge in [-0.15, -0.1) is 0 Å². The van der Waals surface area contributed by atoms with Gasteiger partial charge in [-0.1, -0.05) is 6.07 Å². The number of esters is 1. The summed E-state index contributed by atoms with van der Waals surface area (Å²) in [5, 5.41) is 18.6. The van der Waals surface area contributed by atoms with Crippen LogP contribution >= 0.6 is 0 Å². The number of phenolic OH excluding ortho intramolecular Hbond substituents is 2. The lowest BCUT2D eigenvalue weighted by Gasteiger charge is -2.21.